The number of phosphoric acid groups is 3. The summed E-state index contributed by atoms with van der Waals surface area (Å²) >= 11 is 0. The SMILES string of the molecule is Nc1ncnc2c1nc(OC1CCCCCC1)n2[C@@H]1O[C@H](COP(=O)(O)OP(=O)(O)OP(=O)(O)O)[C@@H](O)[C@H]1O. The molecule has 0 amide bonds. The van der Waals surface area contributed by atoms with Crippen LogP contribution >= 0.6 is 23.5 Å². The molecule has 0 aromatic carbocycles. The predicted molar refractivity (Wildman–Crippen MR) is 128 cm³/mol. The highest BCUT2D eigenvalue weighted by Gasteiger charge is 2.48. The van der Waals surface area contributed by atoms with Crippen LogP contribution in [-0.2, 0) is 31.6 Å². The van der Waals surface area contributed by atoms with E-state index in [4.69, 9.17) is 25.0 Å². The van der Waals surface area contributed by atoms with E-state index in [1.165, 1.54) is 4.57 Å². The number of nitrogen functional groups attached to an aromatic ring is 1. The number of hydrogen-bond acceptors (Lipinski definition) is 14. The number of aromatic nitrogens is 4. The number of nitrogens with two attached hydrogens (primary N) is 1. The van der Waals surface area contributed by atoms with E-state index in [-0.39, 0.29) is 29.1 Å². The van der Waals surface area contributed by atoms with E-state index in [1.54, 1.807) is 0 Å². The molecule has 2 unspecified atom stereocenters. The van der Waals surface area contributed by atoms with Gasteiger partial charge in [-0.05, 0) is 25.7 Å². The van der Waals surface area contributed by atoms with Crippen molar-refractivity contribution in [2.45, 2.75) is 69.2 Å². The van der Waals surface area contributed by atoms with Gasteiger partial charge in [-0.15, -0.1) is 0 Å². The average Bonchev–Trinajstić information content (AvgIpc) is 3.15. The summed E-state index contributed by atoms with van der Waals surface area (Å²) in [5, 5.41) is 21.3. The molecule has 1 saturated heterocycles. The van der Waals surface area contributed by atoms with E-state index in [9.17, 15) is 33.7 Å². The van der Waals surface area contributed by atoms with E-state index in [1.807, 2.05) is 0 Å². The molecular formula is C17H28N5O14P3. The molecule has 2 aromatic rings. The topological polar surface area (TPSA) is 288 Å². The van der Waals surface area contributed by atoms with Crippen molar-refractivity contribution in [2.75, 3.05) is 12.3 Å². The largest absolute Gasteiger partial charge is 0.490 e. The summed E-state index contributed by atoms with van der Waals surface area (Å²) in [4.78, 5) is 48.6. The van der Waals surface area contributed by atoms with Crippen molar-refractivity contribution in [3.8, 4) is 6.01 Å². The van der Waals surface area contributed by atoms with Crippen molar-refractivity contribution in [3.63, 3.8) is 0 Å². The van der Waals surface area contributed by atoms with Crippen LogP contribution in [0.1, 0.15) is 44.8 Å². The smallest absolute Gasteiger partial charge is 0.461 e. The summed E-state index contributed by atoms with van der Waals surface area (Å²) in [5.41, 5.74) is 6.19. The predicted octanol–water partition coefficient (Wildman–Crippen LogP) is 0.473. The van der Waals surface area contributed by atoms with Gasteiger partial charge in [0.15, 0.2) is 23.2 Å². The van der Waals surface area contributed by atoms with Gasteiger partial charge in [-0.1, -0.05) is 12.8 Å². The fraction of sp³-hybridized carbons (Fsp3) is 0.706. The van der Waals surface area contributed by atoms with E-state index in [0.717, 1.165) is 44.9 Å². The molecule has 2 aromatic heterocycles. The molecule has 8 N–H and O–H groups in total. The van der Waals surface area contributed by atoms with Crippen LogP contribution in [0.4, 0.5) is 5.82 Å². The van der Waals surface area contributed by atoms with Gasteiger partial charge in [0, 0.05) is 0 Å². The monoisotopic (exact) mass is 619 g/mol. The third-order valence-corrected chi connectivity index (χ3v) is 9.76. The Hall–Kier alpha value is -1.56. The molecule has 39 heavy (non-hydrogen) atoms. The minimum Gasteiger partial charge on any atom is -0.461 e. The molecule has 19 nitrogen and oxygen atoms in total. The summed E-state index contributed by atoms with van der Waals surface area (Å²) < 4.78 is 59.3. The summed E-state index contributed by atoms with van der Waals surface area (Å²) in [7, 11) is -16.8. The lowest BCUT2D eigenvalue weighted by Crippen LogP contribution is -2.34. The lowest BCUT2D eigenvalue weighted by atomic mass is 10.1. The second kappa shape index (κ2) is 11.7. The van der Waals surface area contributed by atoms with Crippen LogP contribution in [-0.4, -0.2) is 80.3 Å². The van der Waals surface area contributed by atoms with E-state index >= 15 is 0 Å². The van der Waals surface area contributed by atoms with E-state index < -0.39 is 54.6 Å². The van der Waals surface area contributed by atoms with Crippen LogP contribution in [0.3, 0.4) is 0 Å². The zero-order valence-corrected chi connectivity index (χ0v) is 22.8. The summed E-state index contributed by atoms with van der Waals surface area (Å²) in [6.45, 7) is -0.985. The zero-order chi connectivity index (χ0) is 28.6. The van der Waals surface area contributed by atoms with Crippen molar-refractivity contribution < 1.29 is 66.1 Å². The molecule has 1 saturated carbocycles. The fourth-order valence-electron chi connectivity index (χ4n) is 4.28. The molecule has 0 spiro atoms. The summed E-state index contributed by atoms with van der Waals surface area (Å²) in [5.74, 6) is 0.0155. The quantitative estimate of drug-likeness (QED) is 0.140. The van der Waals surface area contributed by atoms with Crippen LogP contribution in [0.15, 0.2) is 6.33 Å². The molecule has 6 atom stereocenters. The number of nitrogens with zero attached hydrogens (tertiary/aromatic N) is 4. The Morgan fingerprint density at radius 3 is 2.28 bits per heavy atom. The minimum absolute atomic E-state index is 0.0155. The number of imidazole rings is 1. The zero-order valence-electron chi connectivity index (χ0n) is 20.1. The number of ether oxygens (including phenoxy) is 2. The molecule has 1 aliphatic heterocycles. The molecule has 220 valence electrons. The maximum absolute atomic E-state index is 12.1. The van der Waals surface area contributed by atoms with Crippen LogP contribution in [0.5, 0.6) is 6.01 Å². The normalized spacial score (nSPS) is 28.2. The van der Waals surface area contributed by atoms with Gasteiger partial charge in [-0.25, -0.2) is 28.2 Å². The maximum atomic E-state index is 12.1. The van der Waals surface area contributed by atoms with Crippen LogP contribution < -0.4 is 10.5 Å². The molecular weight excluding hydrogens is 591 g/mol. The Morgan fingerprint density at radius 2 is 1.64 bits per heavy atom. The molecule has 4 rings (SSSR count). The molecule has 3 heterocycles. The molecule has 2 fully saturated rings. The third-order valence-electron chi connectivity index (χ3n) is 5.96. The highest BCUT2D eigenvalue weighted by atomic mass is 31.3. The number of phosphoric ester groups is 1. The van der Waals surface area contributed by atoms with Gasteiger partial charge in [0.1, 0.15) is 30.7 Å². The first-order chi connectivity index (χ1) is 18.2. The number of fused-ring (bicyclic) bond motifs is 1. The van der Waals surface area contributed by atoms with Gasteiger partial charge in [-0.3, -0.25) is 4.52 Å². The highest BCUT2D eigenvalue weighted by molar-refractivity contribution is 7.66. The van der Waals surface area contributed by atoms with Gasteiger partial charge in [0.25, 0.3) is 0 Å². The summed E-state index contributed by atoms with van der Waals surface area (Å²) in [6, 6.07) is -0.0195. The minimum atomic E-state index is -5.74. The van der Waals surface area contributed by atoms with E-state index in [2.05, 4.69) is 28.1 Å². The third kappa shape index (κ3) is 7.59. The second-order valence-corrected chi connectivity index (χ2v) is 13.3. The first kappa shape index (κ1) is 30.4. The number of aliphatic hydroxyl groups excluding tert-OH is 2. The molecule has 0 bridgehead atoms. The number of aliphatic hydroxyl groups is 2. The van der Waals surface area contributed by atoms with Crippen molar-refractivity contribution in [1.29, 1.82) is 0 Å². The van der Waals surface area contributed by atoms with Gasteiger partial charge in [0.2, 0.25) is 0 Å². The summed E-state index contributed by atoms with van der Waals surface area (Å²) in [6.07, 6.45) is 0.116. The van der Waals surface area contributed by atoms with Crippen molar-refractivity contribution >= 4 is 40.4 Å². The Morgan fingerprint density at radius 1 is 0.974 bits per heavy atom. The van der Waals surface area contributed by atoms with Crippen LogP contribution in [0.25, 0.3) is 11.2 Å². The van der Waals surface area contributed by atoms with Crippen molar-refractivity contribution in [2.24, 2.45) is 0 Å². The second-order valence-electron chi connectivity index (χ2n) is 8.86. The highest BCUT2D eigenvalue weighted by Crippen LogP contribution is 2.66. The molecule has 2 aliphatic rings. The number of anilines is 1. The maximum Gasteiger partial charge on any atom is 0.490 e. The molecule has 22 heteroatoms. The first-order valence-electron chi connectivity index (χ1n) is 11.6. The van der Waals surface area contributed by atoms with Gasteiger partial charge >= 0.3 is 29.5 Å². The van der Waals surface area contributed by atoms with Crippen LogP contribution in [0.2, 0.25) is 0 Å². The fourth-order valence-corrected chi connectivity index (χ4v) is 7.31. The van der Waals surface area contributed by atoms with Gasteiger partial charge in [-0.2, -0.15) is 13.6 Å². The molecule has 1 aliphatic carbocycles. The lowest BCUT2D eigenvalue weighted by Gasteiger charge is -2.22. The van der Waals surface area contributed by atoms with Crippen LogP contribution in [0, 0.1) is 0 Å². The standard InChI is InChI=1S/C17H28N5O14P3/c18-14-11-15(20-8-19-14)22(17(21-11)33-9-5-3-1-2-4-6-9)16-13(24)12(23)10(34-16)7-32-38(28,29)36-39(30,31)35-37(25,26)27/h8-10,12-13,16,23-24H,1-7H2,(H,28,29)(H,30,31)(H2,18,19,20)(H2,25,26,27)/t10-,12-,13-,16-/m1/s1. The van der Waals surface area contributed by atoms with Crippen molar-refractivity contribution in [3.05, 3.63) is 6.33 Å². The van der Waals surface area contributed by atoms with Gasteiger partial charge in [0.05, 0.1) is 6.61 Å². The Bertz CT molecular complexity index is 1310. The average molecular weight is 619 g/mol. The number of rotatable bonds is 10. The number of hydrogen-bond donors (Lipinski definition) is 7. The Kier molecular flexibility index (Phi) is 9.15. The van der Waals surface area contributed by atoms with E-state index in [0.29, 0.717) is 0 Å². The lowest BCUT2D eigenvalue weighted by molar-refractivity contribution is -0.0549. The Balaban J connectivity index is 1.54. The molecule has 0 radical (unpaired) electrons. The Labute approximate surface area is 220 Å². The van der Waals surface area contributed by atoms with Crippen molar-refractivity contribution in [1.82, 2.24) is 19.5 Å². The first-order valence-corrected chi connectivity index (χ1v) is 16.1. The van der Waals surface area contributed by atoms with Gasteiger partial charge < -0.3 is 45.0 Å².